The molecule has 1 aromatic heterocycles. The third-order valence-corrected chi connectivity index (χ3v) is 3.50. The molecule has 0 radical (unpaired) electrons. The normalized spacial score (nSPS) is 17.9. The van der Waals surface area contributed by atoms with Crippen LogP contribution in [0.15, 0.2) is 30.3 Å². The molecule has 9 nitrogen and oxygen atoms in total. The molecule has 1 aliphatic heterocycles. The highest BCUT2D eigenvalue weighted by atomic mass is 16.5. The van der Waals surface area contributed by atoms with E-state index in [0.717, 1.165) is 5.56 Å². The van der Waals surface area contributed by atoms with Gasteiger partial charge in [-0.25, -0.2) is 4.79 Å². The van der Waals surface area contributed by atoms with Gasteiger partial charge in [0.2, 0.25) is 11.7 Å². The number of hydrogen-bond acceptors (Lipinski definition) is 6. The first-order valence-corrected chi connectivity index (χ1v) is 7.08. The quantitative estimate of drug-likeness (QED) is 0.820. The number of morpholine rings is 1. The number of benzene rings is 1. The van der Waals surface area contributed by atoms with Crippen LogP contribution in [0.25, 0.3) is 11.4 Å². The Morgan fingerprint density at radius 3 is 2.83 bits per heavy atom. The standard InChI is InChI=1S/C14H15N5O4/c20-12(18-6-7-23-9-11(18)14(21)22)8-19-16-13(15-17-19)10-4-2-1-3-5-10/h1-5,11H,6-9H2,(H,21,22)/t11-/m1/s1. The van der Waals surface area contributed by atoms with Crippen LogP contribution in [0.3, 0.4) is 0 Å². The van der Waals surface area contributed by atoms with E-state index in [-0.39, 0.29) is 25.6 Å². The molecular formula is C14H15N5O4. The van der Waals surface area contributed by atoms with Crippen molar-refractivity contribution in [3.8, 4) is 11.4 Å². The summed E-state index contributed by atoms with van der Waals surface area (Å²) in [5.74, 6) is -1.05. The van der Waals surface area contributed by atoms with Crippen LogP contribution in [-0.2, 0) is 20.9 Å². The number of amides is 1. The molecule has 2 aromatic rings. The number of carbonyl (C=O) groups is 2. The smallest absolute Gasteiger partial charge is 0.328 e. The largest absolute Gasteiger partial charge is 0.480 e. The summed E-state index contributed by atoms with van der Waals surface area (Å²) in [6, 6.07) is 8.28. The van der Waals surface area contributed by atoms with Gasteiger partial charge in [-0.2, -0.15) is 4.80 Å². The van der Waals surface area contributed by atoms with Gasteiger partial charge in [-0.3, -0.25) is 4.79 Å². The van der Waals surface area contributed by atoms with Crippen LogP contribution < -0.4 is 0 Å². The van der Waals surface area contributed by atoms with Gasteiger partial charge < -0.3 is 14.7 Å². The van der Waals surface area contributed by atoms with Crippen molar-refractivity contribution in [1.82, 2.24) is 25.1 Å². The Morgan fingerprint density at radius 1 is 1.30 bits per heavy atom. The van der Waals surface area contributed by atoms with E-state index in [0.29, 0.717) is 12.4 Å². The predicted molar refractivity (Wildman–Crippen MR) is 77.2 cm³/mol. The van der Waals surface area contributed by atoms with Crippen molar-refractivity contribution in [2.75, 3.05) is 19.8 Å². The van der Waals surface area contributed by atoms with E-state index >= 15 is 0 Å². The molecule has 3 rings (SSSR count). The second-order valence-electron chi connectivity index (χ2n) is 5.03. The first-order chi connectivity index (χ1) is 11.1. The van der Waals surface area contributed by atoms with Crippen molar-refractivity contribution in [3.63, 3.8) is 0 Å². The first-order valence-electron chi connectivity index (χ1n) is 7.08. The van der Waals surface area contributed by atoms with Gasteiger partial charge in [0.05, 0.1) is 13.2 Å². The minimum absolute atomic E-state index is 0.0128. The van der Waals surface area contributed by atoms with E-state index in [4.69, 9.17) is 9.84 Å². The summed E-state index contributed by atoms with van der Waals surface area (Å²) >= 11 is 0. The maximum atomic E-state index is 12.3. The van der Waals surface area contributed by atoms with Gasteiger partial charge in [-0.05, 0) is 5.21 Å². The van der Waals surface area contributed by atoms with Gasteiger partial charge in [0, 0.05) is 12.1 Å². The van der Waals surface area contributed by atoms with Crippen LogP contribution in [0, 0.1) is 0 Å². The average molecular weight is 317 g/mol. The van der Waals surface area contributed by atoms with Crippen molar-refractivity contribution in [3.05, 3.63) is 30.3 Å². The van der Waals surface area contributed by atoms with E-state index in [1.54, 1.807) is 0 Å². The van der Waals surface area contributed by atoms with E-state index in [2.05, 4.69) is 15.4 Å². The number of carboxylic acids is 1. The number of carboxylic acid groups (broad SMARTS) is 1. The molecule has 9 heteroatoms. The summed E-state index contributed by atoms with van der Waals surface area (Å²) < 4.78 is 5.11. The summed E-state index contributed by atoms with van der Waals surface area (Å²) in [5, 5.41) is 21.1. The van der Waals surface area contributed by atoms with Gasteiger partial charge >= 0.3 is 5.97 Å². The number of aromatic nitrogens is 4. The molecule has 1 N–H and O–H groups in total. The van der Waals surface area contributed by atoms with E-state index in [9.17, 15) is 9.59 Å². The third-order valence-electron chi connectivity index (χ3n) is 3.50. The lowest BCUT2D eigenvalue weighted by Gasteiger charge is -2.32. The van der Waals surface area contributed by atoms with E-state index < -0.39 is 12.0 Å². The highest BCUT2D eigenvalue weighted by molar-refractivity contribution is 5.83. The molecule has 1 saturated heterocycles. The number of ether oxygens (including phenoxy) is 1. The fourth-order valence-corrected chi connectivity index (χ4v) is 2.33. The summed E-state index contributed by atoms with van der Waals surface area (Å²) in [4.78, 5) is 25.9. The molecular weight excluding hydrogens is 302 g/mol. The summed E-state index contributed by atoms with van der Waals surface area (Å²) in [6.07, 6.45) is 0. The zero-order chi connectivity index (χ0) is 16.2. The monoisotopic (exact) mass is 317 g/mol. The molecule has 0 spiro atoms. The first kappa shape index (κ1) is 15.1. The SMILES string of the molecule is O=C(O)[C@H]1COCCN1C(=O)Cn1nnc(-c2ccccc2)n1. The molecule has 0 aliphatic carbocycles. The molecule has 1 aliphatic rings. The molecule has 1 amide bonds. The fourth-order valence-electron chi connectivity index (χ4n) is 2.33. The molecule has 0 bridgehead atoms. The third kappa shape index (κ3) is 3.34. The van der Waals surface area contributed by atoms with Gasteiger partial charge in [0.25, 0.3) is 0 Å². The van der Waals surface area contributed by atoms with Crippen molar-refractivity contribution < 1.29 is 19.4 Å². The number of rotatable bonds is 4. The number of tetrazole rings is 1. The molecule has 1 atom stereocenters. The Labute approximate surface area is 131 Å². The molecule has 0 unspecified atom stereocenters. The van der Waals surface area contributed by atoms with Crippen LogP contribution in [0.5, 0.6) is 0 Å². The van der Waals surface area contributed by atoms with Crippen molar-refractivity contribution in [1.29, 1.82) is 0 Å². The Bertz CT molecular complexity index is 702. The molecule has 23 heavy (non-hydrogen) atoms. The lowest BCUT2D eigenvalue weighted by Crippen LogP contribution is -2.53. The van der Waals surface area contributed by atoms with Gasteiger partial charge in [0.15, 0.2) is 6.04 Å². The van der Waals surface area contributed by atoms with Gasteiger partial charge in [-0.1, -0.05) is 30.3 Å². The van der Waals surface area contributed by atoms with Crippen LogP contribution in [-0.4, -0.2) is 67.9 Å². The molecule has 0 saturated carbocycles. The zero-order valence-corrected chi connectivity index (χ0v) is 12.2. The Balaban J connectivity index is 1.70. The zero-order valence-electron chi connectivity index (χ0n) is 12.2. The highest BCUT2D eigenvalue weighted by Crippen LogP contribution is 2.12. The topological polar surface area (TPSA) is 110 Å². The minimum Gasteiger partial charge on any atom is -0.480 e. The van der Waals surface area contributed by atoms with Crippen LogP contribution in [0.2, 0.25) is 0 Å². The summed E-state index contributed by atoms with van der Waals surface area (Å²) in [6.45, 7) is 0.371. The molecule has 2 heterocycles. The Morgan fingerprint density at radius 2 is 2.09 bits per heavy atom. The number of nitrogens with zero attached hydrogens (tertiary/aromatic N) is 5. The maximum absolute atomic E-state index is 12.3. The second kappa shape index (κ2) is 6.53. The van der Waals surface area contributed by atoms with Crippen molar-refractivity contribution >= 4 is 11.9 Å². The van der Waals surface area contributed by atoms with Gasteiger partial charge in [0.1, 0.15) is 6.54 Å². The van der Waals surface area contributed by atoms with E-state index in [1.807, 2.05) is 30.3 Å². The fraction of sp³-hybridized carbons (Fsp3) is 0.357. The van der Waals surface area contributed by atoms with E-state index in [1.165, 1.54) is 9.70 Å². The summed E-state index contributed by atoms with van der Waals surface area (Å²) in [5.41, 5.74) is 0.793. The number of carbonyl (C=O) groups excluding carboxylic acids is 1. The Hall–Kier alpha value is -2.81. The predicted octanol–water partition coefficient (Wildman–Crippen LogP) is -0.348. The highest BCUT2D eigenvalue weighted by Gasteiger charge is 2.33. The average Bonchev–Trinajstić information content (AvgIpc) is 3.04. The van der Waals surface area contributed by atoms with Gasteiger partial charge in [-0.15, -0.1) is 10.2 Å². The number of aliphatic carboxylic acids is 1. The lowest BCUT2D eigenvalue weighted by molar-refractivity contribution is -0.158. The van der Waals surface area contributed by atoms with Crippen molar-refractivity contribution in [2.24, 2.45) is 0 Å². The van der Waals surface area contributed by atoms with Crippen LogP contribution in [0.1, 0.15) is 0 Å². The second-order valence-corrected chi connectivity index (χ2v) is 5.03. The van der Waals surface area contributed by atoms with Crippen LogP contribution >= 0.6 is 0 Å². The molecule has 1 fully saturated rings. The number of hydrogen-bond donors (Lipinski definition) is 1. The maximum Gasteiger partial charge on any atom is 0.328 e. The summed E-state index contributed by atoms with van der Waals surface area (Å²) in [7, 11) is 0. The molecule has 120 valence electrons. The van der Waals surface area contributed by atoms with Crippen LogP contribution in [0.4, 0.5) is 0 Å². The molecule has 1 aromatic carbocycles. The lowest BCUT2D eigenvalue weighted by atomic mass is 10.2. The Kier molecular flexibility index (Phi) is 4.29. The van der Waals surface area contributed by atoms with Crippen molar-refractivity contribution in [2.45, 2.75) is 12.6 Å². The minimum atomic E-state index is -1.09.